The number of rotatable bonds is 13. The van der Waals surface area contributed by atoms with Gasteiger partial charge in [-0.05, 0) is 18.4 Å². The van der Waals surface area contributed by atoms with Crippen molar-refractivity contribution in [2.24, 2.45) is 22.2 Å². The van der Waals surface area contributed by atoms with Crippen LogP contribution >= 0.6 is 0 Å². The van der Waals surface area contributed by atoms with Crippen molar-refractivity contribution in [3.63, 3.8) is 0 Å². The average molecular weight is 390 g/mol. The summed E-state index contributed by atoms with van der Waals surface area (Å²) >= 11 is 0. The van der Waals surface area contributed by atoms with Gasteiger partial charge in [0.2, 0.25) is 11.8 Å². The number of benzene rings is 1. The standard InChI is InChI=1S/C19H30N6O3/c20-11-17(22)19(28)24-9-8-23-12-16(10-14-4-2-1-3-5-14)25-18(27)7-6-15(21)13-26/h1-5,12-13,15-17H,6-11,20-22H2,(H,24,28)(H,25,27)/b23-12-. The first-order chi connectivity index (χ1) is 13.5. The van der Waals surface area contributed by atoms with Crippen molar-refractivity contribution < 1.29 is 14.4 Å². The second-order valence-electron chi connectivity index (χ2n) is 6.39. The highest BCUT2D eigenvalue weighted by Crippen LogP contribution is 2.03. The number of nitrogens with one attached hydrogen (secondary N) is 2. The smallest absolute Gasteiger partial charge is 0.238 e. The largest absolute Gasteiger partial charge is 0.353 e. The van der Waals surface area contributed by atoms with E-state index in [2.05, 4.69) is 15.6 Å². The lowest BCUT2D eigenvalue weighted by molar-refractivity contribution is -0.122. The summed E-state index contributed by atoms with van der Waals surface area (Å²) in [7, 11) is 0. The van der Waals surface area contributed by atoms with Gasteiger partial charge in [0.1, 0.15) is 6.29 Å². The summed E-state index contributed by atoms with van der Waals surface area (Å²) in [6.45, 7) is 0.747. The Bertz CT molecular complexity index is 638. The van der Waals surface area contributed by atoms with E-state index in [1.54, 1.807) is 6.21 Å². The molecule has 3 atom stereocenters. The summed E-state index contributed by atoms with van der Waals surface area (Å²) in [5, 5.41) is 5.53. The molecular formula is C19H30N6O3. The Hall–Kier alpha value is -2.62. The molecule has 154 valence electrons. The molecule has 1 aromatic rings. The fourth-order valence-corrected chi connectivity index (χ4v) is 2.34. The zero-order chi connectivity index (χ0) is 20.8. The molecule has 0 bridgehead atoms. The van der Waals surface area contributed by atoms with E-state index >= 15 is 0 Å². The minimum absolute atomic E-state index is 0.0774. The molecule has 9 nitrogen and oxygen atoms in total. The summed E-state index contributed by atoms with van der Waals surface area (Å²) in [5.41, 5.74) is 17.4. The maximum atomic E-state index is 12.1. The molecular weight excluding hydrogens is 360 g/mol. The first-order valence-corrected chi connectivity index (χ1v) is 9.23. The van der Waals surface area contributed by atoms with Gasteiger partial charge in [-0.2, -0.15) is 0 Å². The number of carbonyl (C=O) groups is 3. The van der Waals surface area contributed by atoms with Crippen molar-refractivity contribution in [2.45, 2.75) is 37.4 Å². The van der Waals surface area contributed by atoms with Crippen molar-refractivity contribution in [3.8, 4) is 0 Å². The molecule has 0 saturated carbocycles. The summed E-state index contributed by atoms with van der Waals surface area (Å²) in [4.78, 5) is 38.5. The highest BCUT2D eigenvalue weighted by molar-refractivity contribution is 5.82. The van der Waals surface area contributed by atoms with Crippen molar-refractivity contribution in [1.29, 1.82) is 0 Å². The zero-order valence-corrected chi connectivity index (χ0v) is 15.9. The van der Waals surface area contributed by atoms with E-state index < -0.39 is 12.1 Å². The van der Waals surface area contributed by atoms with Crippen LogP contribution in [0.15, 0.2) is 35.3 Å². The molecule has 28 heavy (non-hydrogen) atoms. The molecule has 1 aromatic carbocycles. The molecule has 2 amide bonds. The van der Waals surface area contributed by atoms with Crippen LogP contribution in [0, 0.1) is 0 Å². The Morgan fingerprint density at radius 1 is 1.18 bits per heavy atom. The molecule has 0 fully saturated rings. The first-order valence-electron chi connectivity index (χ1n) is 9.23. The summed E-state index contributed by atoms with van der Waals surface area (Å²) in [5.74, 6) is -0.523. The molecule has 0 aromatic heterocycles. The van der Waals surface area contributed by atoms with Gasteiger partial charge in [-0.25, -0.2) is 0 Å². The summed E-state index contributed by atoms with van der Waals surface area (Å²) in [6.07, 6.45) is 3.30. The van der Waals surface area contributed by atoms with Crippen LogP contribution in [0.1, 0.15) is 18.4 Å². The molecule has 0 aliphatic heterocycles. The van der Waals surface area contributed by atoms with Gasteiger partial charge in [0.15, 0.2) is 0 Å². The lowest BCUT2D eigenvalue weighted by Crippen LogP contribution is -2.46. The van der Waals surface area contributed by atoms with Crippen LogP contribution < -0.4 is 27.8 Å². The average Bonchev–Trinajstić information content (AvgIpc) is 2.71. The molecule has 1 rings (SSSR count). The second kappa shape index (κ2) is 13.5. The van der Waals surface area contributed by atoms with Crippen molar-refractivity contribution >= 4 is 24.3 Å². The van der Waals surface area contributed by atoms with Gasteiger partial charge in [0, 0.05) is 25.7 Å². The number of amides is 2. The third kappa shape index (κ3) is 9.91. The molecule has 0 saturated heterocycles. The maximum Gasteiger partial charge on any atom is 0.238 e. The Morgan fingerprint density at radius 3 is 2.54 bits per heavy atom. The lowest BCUT2D eigenvalue weighted by Gasteiger charge is -2.15. The Balaban J connectivity index is 2.56. The molecule has 8 N–H and O–H groups in total. The van der Waals surface area contributed by atoms with E-state index in [9.17, 15) is 14.4 Å². The van der Waals surface area contributed by atoms with Gasteiger partial charge in [-0.3, -0.25) is 14.6 Å². The molecule has 0 radical (unpaired) electrons. The van der Waals surface area contributed by atoms with Gasteiger partial charge in [-0.1, -0.05) is 30.3 Å². The van der Waals surface area contributed by atoms with E-state index in [0.717, 1.165) is 5.56 Å². The van der Waals surface area contributed by atoms with Gasteiger partial charge >= 0.3 is 0 Å². The van der Waals surface area contributed by atoms with E-state index in [1.807, 2.05) is 30.3 Å². The fraction of sp³-hybridized carbons (Fsp3) is 0.474. The lowest BCUT2D eigenvalue weighted by atomic mass is 10.1. The first kappa shape index (κ1) is 23.4. The molecule has 0 aliphatic rings. The molecule has 0 heterocycles. The minimum Gasteiger partial charge on any atom is -0.353 e. The van der Waals surface area contributed by atoms with Crippen LogP contribution in [0.4, 0.5) is 0 Å². The molecule has 0 aliphatic carbocycles. The third-order valence-electron chi connectivity index (χ3n) is 3.94. The van der Waals surface area contributed by atoms with Crippen LogP contribution in [0.5, 0.6) is 0 Å². The quantitative estimate of drug-likeness (QED) is 0.156. The normalized spacial score (nSPS) is 14.2. The van der Waals surface area contributed by atoms with E-state index in [1.165, 1.54) is 0 Å². The van der Waals surface area contributed by atoms with Crippen molar-refractivity contribution in [1.82, 2.24) is 10.6 Å². The van der Waals surface area contributed by atoms with E-state index in [-0.39, 0.29) is 37.2 Å². The van der Waals surface area contributed by atoms with Crippen molar-refractivity contribution in [3.05, 3.63) is 35.9 Å². The van der Waals surface area contributed by atoms with Gasteiger partial charge < -0.3 is 32.6 Å². The number of hydrogen-bond acceptors (Lipinski definition) is 7. The maximum absolute atomic E-state index is 12.1. The molecule has 0 spiro atoms. The highest BCUT2D eigenvalue weighted by atomic mass is 16.2. The minimum atomic E-state index is -0.730. The highest BCUT2D eigenvalue weighted by Gasteiger charge is 2.13. The van der Waals surface area contributed by atoms with Crippen LogP contribution in [0.2, 0.25) is 0 Å². The SMILES string of the molecule is NCC(N)C(=O)NCC/N=C\C(Cc1ccccc1)NC(=O)CCC(N)C=O. The second-order valence-corrected chi connectivity index (χ2v) is 6.39. The fourth-order valence-electron chi connectivity index (χ4n) is 2.34. The number of aldehydes is 1. The summed E-state index contributed by atoms with van der Waals surface area (Å²) < 4.78 is 0. The summed E-state index contributed by atoms with van der Waals surface area (Å²) in [6, 6.07) is 8.00. The monoisotopic (exact) mass is 390 g/mol. The number of carbonyl (C=O) groups excluding carboxylic acids is 3. The number of nitrogens with two attached hydrogens (primary N) is 3. The van der Waals surface area contributed by atoms with Crippen LogP contribution in [-0.4, -0.2) is 62.1 Å². The number of hydrogen-bond donors (Lipinski definition) is 5. The van der Waals surface area contributed by atoms with E-state index in [0.29, 0.717) is 25.8 Å². The van der Waals surface area contributed by atoms with Gasteiger partial charge in [-0.15, -0.1) is 0 Å². The van der Waals surface area contributed by atoms with Crippen LogP contribution in [0.25, 0.3) is 0 Å². The Morgan fingerprint density at radius 2 is 1.89 bits per heavy atom. The van der Waals surface area contributed by atoms with Crippen LogP contribution in [-0.2, 0) is 20.8 Å². The predicted octanol–water partition coefficient (Wildman–Crippen LogP) is -1.51. The predicted molar refractivity (Wildman–Crippen MR) is 109 cm³/mol. The molecule has 9 heteroatoms. The number of nitrogens with zero attached hydrogens (tertiary/aromatic N) is 1. The Labute approximate surface area is 165 Å². The third-order valence-corrected chi connectivity index (χ3v) is 3.94. The van der Waals surface area contributed by atoms with Gasteiger partial charge in [0.25, 0.3) is 0 Å². The van der Waals surface area contributed by atoms with Gasteiger partial charge in [0.05, 0.1) is 24.7 Å². The molecule has 3 unspecified atom stereocenters. The van der Waals surface area contributed by atoms with Crippen LogP contribution in [0.3, 0.4) is 0 Å². The van der Waals surface area contributed by atoms with E-state index in [4.69, 9.17) is 17.2 Å². The number of aliphatic imine (C=N–C) groups is 1. The van der Waals surface area contributed by atoms with Crippen molar-refractivity contribution in [2.75, 3.05) is 19.6 Å². The Kier molecular flexibility index (Phi) is 11.3. The zero-order valence-electron chi connectivity index (χ0n) is 15.9. The topological polar surface area (TPSA) is 166 Å².